The average Bonchev–Trinajstić information content (AvgIpc) is 3.26. The zero-order chi connectivity index (χ0) is 18.1. The molecule has 0 spiro atoms. The van der Waals surface area contributed by atoms with Crippen LogP contribution in [0.25, 0.3) is 0 Å². The molecule has 3 atom stereocenters. The summed E-state index contributed by atoms with van der Waals surface area (Å²) in [4.78, 5) is 32.5. The van der Waals surface area contributed by atoms with Gasteiger partial charge in [-0.15, -0.1) is 0 Å². The lowest BCUT2D eigenvalue weighted by Gasteiger charge is -2.25. The molecule has 2 aromatic rings. The van der Waals surface area contributed by atoms with Crippen molar-refractivity contribution < 1.29 is 19.2 Å². The highest BCUT2D eigenvalue weighted by Crippen LogP contribution is 2.46. The maximum Gasteiger partial charge on any atom is 0.416 e. The number of ether oxygens (including phenoxy) is 1. The smallest absolute Gasteiger partial charge is 0.416 e. The number of hydroxylamine groups is 2. The summed E-state index contributed by atoms with van der Waals surface area (Å²) in [7, 11) is 1.82. The molecule has 2 fully saturated rings. The molecule has 2 aliphatic heterocycles. The van der Waals surface area contributed by atoms with Crippen LogP contribution >= 0.6 is 0 Å². The van der Waals surface area contributed by atoms with Crippen molar-refractivity contribution in [2.45, 2.75) is 12.1 Å². The van der Waals surface area contributed by atoms with Gasteiger partial charge in [-0.3, -0.25) is 9.63 Å². The Kier molecular flexibility index (Phi) is 4.44. The maximum absolute atomic E-state index is 13.3. The third-order valence-electron chi connectivity index (χ3n) is 4.92. The van der Waals surface area contributed by atoms with Crippen molar-refractivity contribution in [2.24, 2.45) is 5.92 Å². The van der Waals surface area contributed by atoms with Crippen molar-refractivity contribution in [1.29, 1.82) is 0 Å². The third kappa shape index (κ3) is 2.87. The predicted molar refractivity (Wildman–Crippen MR) is 93.8 cm³/mol. The molecule has 0 bridgehead atoms. The van der Waals surface area contributed by atoms with E-state index >= 15 is 0 Å². The predicted octanol–water partition coefficient (Wildman–Crippen LogP) is 2.94. The van der Waals surface area contributed by atoms with E-state index in [1.807, 2.05) is 67.7 Å². The van der Waals surface area contributed by atoms with E-state index in [0.29, 0.717) is 0 Å². The van der Waals surface area contributed by atoms with Crippen molar-refractivity contribution in [2.75, 3.05) is 20.2 Å². The molecule has 2 heterocycles. The molecular weight excluding hydrogens is 332 g/mol. The summed E-state index contributed by atoms with van der Waals surface area (Å²) >= 11 is 0. The fourth-order valence-corrected chi connectivity index (χ4v) is 3.72. The van der Waals surface area contributed by atoms with E-state index in [-0.39, 0.29) is 25.1 Å². The number of benzene rings is 2. The first-order valence-corrected chi connectivity index (χ1v) is 8.64. The van der Waals surface area contributed by atoms with E-state index in [1.165, 1.54) is 4.90 Å². The Bertz CT molecular complexity index is 796. The molecule has 134 valence electrons. The Morgan fingerprint density at radius 2 is 1.62 bits per heavy atom. The highest BCUT2D eigenvalue weighted by atomic mass is 16.7. The van der Waals surface area contributed by atoms with Crippen molar-refractivity contribution in [3.05, 3.63) is 71.8 Å². The highest BCUT2D eigenvalue weighted by Gasteiger charge is 2.50. The first-order valence-electron chi connectivity index (χ1n) is 8.64. The lowest BCUT2D eigenvalue weighted by Crippen LogP contribution is -2.40. The molecule has 0 unspecified atom stereocenters. The number of carbonyl (C=O) groups is 2. The van der Waals surface area contributed by atoms with Crippen LogP contribution in [-0.2, 0) is 14.4 Å². The summed E-state index contributed by atoms with van der Waals surface area (Å²) in [5, 5.41) is 1.72. The molecule has 6 heteroatoms. The van der Waals surface area contributed by atoms with Gasteiger partial charge in [0.1, 0.15) is 12.7 Å². The highest BCUT2D eigenvalue weighted by molar-refractivity contribution is 5.95. The molecule has 4 rings (SSSR count). The first-order chi connectivity index (χ1) is 12.7. The molecule has 0 radical (unpaired) electrons. The van der Waals surface area contributed by atoms with E-state index in [4.69, 9.17) is 9.57 Å². The quantitative estimate of drug-likeness (QED) is 0.850. The average molecular weight is 352 g/mol. The summed E-state index contributed by atoms with van der Waals surface area (Å²) in [6.07, 6.45) is -1.05. The number of imide groups is 1. The molecule has 0 N–H and O–H groups in total. The zero-order valence-electron chi connectivity index (χ0n) is 14.4. The molecule has 0 saturated carbocycles. The van der Waals surface area contributed by atoms with E-state index in [9.17, 15) is 9.59 Å². The number of rotatable bonds is 3. The van der Waals surface area contributed by atoms with Crippen LogP contribution in [0, 0.1) is 5.92 Å². The fourth-order valence-electron chi connectivity index (χ4n) is 3.72. The van der Waals surface area contributed by atoms with Crippen LogP contribution in [0.2, 0.25) is 0 Å². The molecule has 2 aromatic carbocycles. The monoisotopic (exact) mass is 352 g/mol. The Balaban J connectivity index is 1.75. The van der Waals surface area contributed by atoms with Gasteiger partial charge in [0, 0.05) is 7.05 Å². The fraction of sp³-hybridized carbons (Fsp3) is 0.300. The molecule has 2 amide bonds. The summed E-state index contributed by atoms with van der Waals surface area (Å²) in [6.45, 7) is 0.515. The Labute approximate surface area is 151 Å². The third-order valence-corrected chi connectivity index (χ3v) is 4.92. The Morgan fingerprint density at radius 1 is 1.00 bits per heavy atom. The van der Waals surface area contributed by atoms with Crippen LogP contribution in [0.1, 0.15) is 23.3 Å². The molecule has 2 aliphatic rings. The minimum atomic E-state index is -0.580. The van der Waals surface area contributed by atoms with Gasteiger partial charge in [0.05, 0.1) is 18.5 Å². The standard InChI is InChI=1S/C20H20N2O4/c1-21-17(14-8-4-2-5-9-14)16(19(23)22-12-13-25-20(22)24)18(26-21)15-10-6-3-7-11-15/h2-11,16-18H,12-13H2,1H3/t16-,17-,18+/m1/s1. The number of amides is 2. The molecule has 2 saturated heterocycles. The minimum absolute atomic E-state index is 0.236. The number of hydrogen-bond donors (Lipinski definition) is 0. The SMILES string of the molecule is CN1O[C@@H](c2ccccc2)[C@H](C(=O)N2CCOC2=O)[C@H]1c1ccccc1. The van der Waals surface area contributed by atoms with E-state index in [1.54, 1.807) is 5.06 Å². The molecule has 6 nitrogen and oxygen atoms in total. The van der Waals surface area contributed by atoms with E-state index < -0.39 is 18.1 Å². The van der Waals surface area contributed by atoms with Gasteiger partial charge in [0.15, 0.2) is 0 Å². The topological polar surface area (TPSA) is 59.1 Å². The first kappa shape index (κ1) is 16.8. The number of nitrogens with zero attached hydrogens (tertiary/aromatic N) is 2. The normalized spacial score (nSPS) is 26.1. The zero-order valence-corrected chi connectivity index (χ0v) is 14.4. The van der Waals surface area contributed by atoms with Crippen LogP contribution in [0.4, 0.5) is 4.79 Å². The van der Waals surface area contributed by atoms with Crippen molar-refractivity contribution in [3.8, 4) is 0 Å². The second-order valence-corrected chi connectivity index (χ2v) is 6.47. The number of hydrogen-bond acceptors (Lipinski definition) is 5. The maximum atomic E-state index is 13.3. The van der Waals surface area contributed by atoms with Crippen LogP contribution in [-0.4, -0.2) is 42.2 Å². The number of carbonyl (C=O) groups excluding carboxylic acids is 2. The van der Waals surface area contributed by atoms with Crippen LogP contribution in [0.5, 0.6) is 0 Å². The molecular formula is C20H20N2O4. The van der Waals surface area contributed by atoms with Gasteiger partial charge in [0.25, 0.3) is 0 Å². The summed E-state index contributed by atoms with van der Waals surface area (Å²) < 4.78 is 4.97. The Hall–Kier alpha value is -2.70. The van der Waals surface area contributed by atoms with Gasteiger partial charge in [-0.2, -0.15) is 5.06 Å². The van der Waals surface area contributed by atoms with Gasteiger partial charge in [-0.25, -0.2) is 9.69 Å². The second kappa shape index (κ2) is 6.90. The van der Waals surface area contributed by atoms with Crippen LogP contribution in [0.3, 0.4) is 0 Å². The molecule has 0 aliphatic carbocycles. The van der Waals surface area contributed by atoms with Crippen molar-refractivity contribution >= 4 is 12.0 Å². The minimum Gasteiger partial charge on any atom is -0.447 e. The van der Waals surface area contributed by atoms with E-state index in [0.717, 1.165) is 11.1 Å². The van der Waals surface area contributed by atoms with E-state index in [2.05, 4.69) is 0 Å². The summed E-state index contributed by atoms with van der Waals surface area (Å²) in [5.74, 6) is -0.810. The number of cyclic esters (lactones) is 1. The molecule has 26 heavy (non-hydrogen) atoms. The van der Waals surface area contributed by atoms with Crippen molar-refractivity contribution in [1.82, 2.24) is 9.96 Å². The largest absolute Gasteiger partial charge is 0.447 e. The van der Waals surface area contributed by atoms with Gasteiger partial charge in [-0.05, 0) is 11.1 Å². The summed E-state index contributed by atoms with van der Waals surface area (Å²) in [6, 6.07) is 19.1. The van der Waals surface area contributed by atoms with Crippen LogP contribution in [0.15, 0.2) is 60.7 Å². The Morgan fingerprint density at radius 3 is 2.19 bits per heavy atom. The lowest BCUT2D eigenvalue weighted by molar-refractivity contribution is -0.148. The van der Waals surface area contributed by atoms with Crippen LogP contribution < -0.4 is 0 Å². The second-order valence-electron chi connectivity index (χ2n) is 6.47. The van der Waals surface area contributed by atoms with Crippen molar-refractivity contribution in [3.63, 3.8) is 0 Å². The lowest BCUT2D eigenvalue weighted by atomic mass is 9.85. The van der Waals surface area contributed by atoms with Gasteiger partial charge >= 0.3 is 6.09 Å². The summed E-state index contributed by atoms with van der Waals surface area (Å²) in [5.41, 5.74) is 1.88. The van der Waals surface area contributed by atoms with Gasteiger partial charge in [-0.1, -0.05) is 60.7 Å². The van der Waals surface area contributed by atoms with Gasteiger partial charge < -0.3 is 4.74 Å². The molecule has 0 aromatic heterocycles. The van der Waals surface area contributed by atoms with Gasteiger partial charge in [0.2, 0.25) is 5.91 Å².